The Morgan fingerprint density at radius 1 is 1.11 bits per heavy atom. The number of hydrogen-bond acceptors (Lipinski definition) is 6. The van der Waals surface area contributed by atoms with E-state index in [4.69, 9.17) is 4.74 Å². The Morgan fingerprint density at radius 2 is 1.81 bits per heavy atom. The molecule has 0 atom stereocenters. The molecule has 0 aliphatic rings. The summed E-state index contributed by atoms with van der Waals surface area (Å²) in [5.41, 5.74) is 4.04. The lowest BCUT2D eigenvalue weighted by atomic mass is 9.89. The summed E-state index contributed by atoms with van der Waals surface area (Å²) in [5.74, 6) is -1.08. The number of aliphatic hydroxyl groups excluding tert-OH is 3. The maximum atomic E-state index is 11.7. The second-order valence-corrected chi connectivity index (χ2v) is 6.11. The zero-order chi connectivity index (χ0) is 20.0. The number of benzene rings is 1. The highest BCUT2D eigenvalue weighted by atomic mass is 16.5. The Bertz CT molecular complexity index is 800. The lowest BCUT2D eigenvalue weighted by molar-refractivity contribution is 0.0689. The number of aromatic nitrogens is 1. The van der Waals surface area contributed by atoms with E-state index >= 15 is 0 Å². The molecule has 0 aliphatic heterocycles. The molecule has 0 saturated carbocycles. The molecule has 0 spiro atoms. The molecule has 8 nitrogen and oxygen atoms in total. The van der Waals surface area contributed by atoms with Gasteiger partial charge in [-0.15, -0.1) is 0 Å². The highest BCUT2D eigenvalue weighted by Gasteiger charge is 2.25. The van der Waals surface area contributed by atoms with Gasteiger partial charge in [0, 0.05) is 24.9 Å². The van der Waals surface area contributed by atoms with Crippen LogP contribution in [0.25, 0.3) is 11.1 Å². The smallest absolute Gasteiger partial charge is 0.352 e. The number of hydrogen-bond donors (Lipinski definition) is 6. The number of carbonyl (C=O) groups is 1. The molecule has 0 aliphatic carbocycles. The monoisotopic (exact) mass is 378 g/mol. The van der Waals surface area contributed by atoms with Crippen LogP contribution in [0, 0.1) is 0 Å². The average Bonchev–Trinajstić information content (AvgIpc) is 3.03. The molecular weight excluding hydrogens is 352 g/mol. The molecule has 2 aromatic rings. The van der Waals surface area contributed by atoms with Gasteiger partial charge < -0.3 is 35.5 Å². The minimum atomic E-state index is -1.08. The molecule has 0 bridgehead atoms. The summed E-state index contributed by atoms with van der Waals surface area (Å²) < 4.78 is 5.13. The molecule has 1 aromatic heterocycles. The maximum absolute atomic E-state index is 11.7. The molecule has 0 unspecified atom stereocenters. The van der Waals surface area contributed by atoms with Crippen LogP contribution in [0.1, 0.15) is 38.4 Å². The summed E-state index contributed by atoms with van der Waals surface area (Å²) in [6, 6.07) is 3.41. The van der Waals surface area contributed by atoms with Gasteiger partial charge in [-0.3, -0.25) is 0 Å². The lowest BCUT2D eigenvalue weighted by Crippen LogP contribution is -2.09. The quantitative estimate of drug-likeness (QED) is 0.359. The largest absolute Gasteiger partial charge is 0.477 e. The standard InChI is InChI=1S/C19H26N2O6/c1-20-7-16-17(13(5-6-27-2)18(21-16)19(25)26)12-4-3-11(8-22)14(9-23)15(12)10-24/h3-4,20-24H,5-10H2,1-2H3,(H,25,26). The second-order valence-electron chi connectivity index (χ2n) is 6.11. The van der Waals surface area contributed by atoms with Gasteiger partial charge in [0.05, 0.1) is 26.4 Å². The molecule has 0 radical (unpaired) electrons. The first kappa shape index (κ1) is 21.1. The van der Waals surface area contributed by atoms with Gasteiger partial charge in [-0.05, 0) is 41.3 Å². The van der Waals surface area contributed by atoms with Crippen molar-refractivity contribution in [3.63, 3.8) is 0 Å². The maximum Gasteiger partial charge on any atom is 0.352 e. The predicted octanol–water partition coefficient (Wildman–Crippen LogP) is 0.765. The van der Waals surface area contributed by atoms with E-state index in [1.807, 2.05) is 0 Å². The Labute approximate surface area is 157 Å². The number of carboxylic acids is 1. The normalized spacial score (nSPS) is 11.1. The average molecular weight is 378 g/mol. The Balaban J connectivity index is 2.81. The fourth-order valence-corrected chi connectivity index (χ4v) is 3.37. The fourth-order valence-electron chi connectivity index (χ4n) is 3.37. The zero-order valence-corrected chi connectivity index (χ0v) is 15.5. The van der Waals surface area contributed by atoms with Crippen molar-refractivity contribution in [3.8, 4) is 11.1 Å². The topological polar surface area (TPSA) is 135 Å². The molecule has 1 heterocycles. The third-order valence-electron chi connectivity index (χ3n) is 4.59. The van der Waals surface area contributed by atoms with Crippen molar-refractivity contribution < 1.29 is 30.0 Å². The molecule has 0 fully saturated rings. The van der Waals surface area contributed by atoms with Crippen LogP contribution in [0.3, 0.4) is 0 Å². The van der Waals surface area contributed by atoms with Gasteiger partial charge in [0.2, 0.25) is 0 Å². The first-order valence-electron chi connectivity index (χ1n) is 8.61. The Morgan fingerprint density at radius 3 is 2.33 bits per heavy atom. The SMILES string of the molecule is CNCc1[nH]c(C(=O)O)c(CCOC)c1-c1ccc(CO)c(CO)c1CO. The van der Waals surface area contributed by atoms with Crippen LogP contribution in [0.2, 0.25) is 0 Å². The van der Waals surface area contributed by atoms with Gasteiger partial charge in [-0.25, -0.2) is 4.79 Å². The minimum Gasteiger partial charge on any atom is -0.477 e. The zero-order valence-electron chi connectivity index (χ0n) is 15.5. The van der Waals surface area contributed by atoms with Crippen molar-refractivity contribution >= 4 is 5.97 Å². The van der Waals surface area contributed by atoms with Crippen LogP contribution >= 0.6 is 0 Å². The predicted molar refractivity (Wildman–Crippen MR) is 99.3 cm³/mol. The molecule has 1 aromatic carbocycles. The first-order chi connectivity index (χ1) is 13.0. The summed E-state index contributed by atoms with van der Waals surface area (Å²) >= 11 is 0. The van der Waals surface area contributed by atoms with Crippen molar-refractivity contribution in [2.75, 3.05) is 20.8 Å². The number of H-pyrrole nitrogens is 1. The number of aromatic carboxylic acids is 1. The van der Waals surface area contributed by atoms with Crippen LogP contribution in [0.5, 0.6) is 0 Å². The molecule has 0 amide bonds. The van der Waals surface area contributed by atoms with E-state index in [1.165, 1.54) is 0 Å². The van der Waals surface area contributed by atoms with Crippen molar-refractivity contribution in [2.45, 2.75) is 32.8 Å². The number of methoxy groups -OCH3 is 1. The fraction of sp³-hybridized carbons (Fsp3) is 0.421. The van der Waals surface area contributed by atoms with E-state index in [-0.39, 0.29) is 25.5 Å². The Kier molecular flexibility index (Phi) is 7.52. The van der Waals surface area contributed by atoms with Gasteiger partial charge >= 0.3 is 5.97 Å². The van der Waals surface area contributed by atoms with E-state index in [0.29, 0.717) is 58.6 Å². The van der Waals surface area contributed by atoms with Crippen molar-refractivity contribution in [1.82, 2.24) is 10.3 Å². The van der Waals surface area contributed by atoms with Gasteiger partial charge in [0.1, 0.15) is 5.69 Å². The molecule has 27 heavy (non-hydrogen) atoms. The van der Waals surface area contributed by atoms with Crippen molar-refractivity contribution in [3.05, 3.63) is 45.8 Å². The summed E-state index contributed by atoms with van der Waals surface area (Å²) in [5, 5.41) is 41.8. The van der Waals surface area contributed by atoms with E-state index in [2.05, 4.69) is 10.3 Å². The molecule has 0 saturated heterocycles. The highest BCUT2D eigenvalue weighted by molar-refractivity contribution is 5.92. The van der Waals surface area contributed by atoms with Crippen LogP contribution in [-0.2, 0) is 37.5 Å². The van der Waals surface area contributed by atoms with Gasteiger partial charge in [-0.2, -0.15) is 0 Å². The lowest BCUT2D eigenvalue weighted by Gasteiger charge is -2.17. The van der Waals surface area contributed by atoms with E-state index in [0.717, 1.165) is 0 Å². The summed E-state index contributed by atoms with van der Waals surface area (Å²) in [4.78, 5) is 14.7. The summed E-state index contributed by atoms with van der Waals surface area (Å²) in [6.07, 6.45) is 0.370. The number of aromatic amines is 1. The van der Waals surface area contributed by atoms with Crippen LogP contribution in [0.4, 0.5) is 0 Å². The van der Waals surface area contributed by atoms with E-state index in [1.54, 1.807) is 26.3 Å². The number of rotatable bonds is 10. The van der Waals surface area contributed by atoms with E-state index < -0.39 is 5.97 Å². The van der Waals surface area contributed by atoms with E-state index in [9.17, 15) is 25.2 Å². The third kappa shape index (κ3) is 4.20. The second kappa shape index (κ2) is 9.63. The first-order valence-corrected chi connectivity index (χ1v) is 8.61. The molecular formula is C19H26N2O6. The minimum absolute atomic E-state index is 0.0768. The Hall–Kier alpha value is -2.23. The van der Waals surface area contributed by atoms with Crippen LogP contribution < -0.4 is 5.32 Å². The molecule has 148 valence electrons. The molecule has 6 N–H and O–H groups in total. The molecule has 8 heteroatoms. The number of ether oxygens (including phenoxy) is 1. The van der Waals surface area contributed by atoms with Crippen LogP contribution in [0.15, 0.2) is 12.1 Å². The van der Waals surface area contributed by atoms with Gasteiger partial charge in [-0.1, -0.05) is 12.1 Å². The number of carboxylic acid groups (broad SMARTS) is 1. The van der Waals surface area contributed by atoms with Gasteiger partial charge in [0.15, 0.2) is 0 Å². The summed E-state index contributed by atoms with van der Waals surface area (Å²) in [6.45, 7) is -0.236. The number of nitrogens with one attached hydrogen (secondary N) is 2. The van der Waals surface area contributed by atoms with Crippen molar-refractivity contribution in [1.29, 1.82) is 0 Å². The van der Waals surface area contributed by atoms with Crippen molar-refractivity contribution in [2.24, 2.45) is 0 Å². The summed E-state index contributed by atoms with van der Waals surface area (Å²) in [7, 11) is 3.29. The molecule has 2 rings (SSSR count). The van der Waals surface area contributed by atoms with Gasteiger partial charge in [0.25, 0.3) is 0 Å². The highest BCUT2D eigenvalue weighted by Crippen LogP contribution is 2.36. The van der Waals surface area contributed by atoms with Crippen LogP contribution in [-0.4, -0.2) is 52.1 Å². The number of aliphatic hydroxyl groups is 3. The third-order valence-corrected chi connectivity index (χ3v) is 4.59.